The summed E-state index contributed by atoms with van der Waals surface area (Å²) in [6.07, 6.45) is 0.608. The predicted octanol–water partition coefficient (Wildman–Crippen LogP) is 1.27. The second-order valence-corrected chi connectivity index (χ2v) is 7.38. The van der Waals surface area contributed by atoms with Crippen molar-refractivity contribution in [3.05, 3.63) is 63.2 Å². The maximum atomic E-state index is 14.9. The van der Waals surface area contributed by atoms with Gasteiger partial charge in [-0.25, -0.2) is 18.2 Å². The molecule has 3 aromatic rings. The molecular weight excluding hydrogens is 413 g/mol. The Kier molecular flexibility index (Phi) is 5.18. The van der Waals surface area contributed by atoms with Gasteiger partial charge in [0.05, 0.1) is 22.6 Å². The van der Waals surface area contributed by atoms with Crippen LogP contribution in [-0.2, 0) is 6.42 Å². The van der Waals surface area contributed by atoms with Crippen LogP contribution in [0.4, 0.5) is 19.0 Å². The normalized spacial score (nSPS) is 16.3. The molecule has 1 aromatic carbocycles. The van der Waals surface area contributed by atoms with Gasteiger partial charge in [0.25, 0.3) is 0 Å². The van der Waals surface area contributed by atoms with E-state index in [0.717, 1.165) is 22.8 Å². The van der Waals surface area contributed by atoms with Crippen LogP contribution in [0.3, 0.4) is 0 Å². The van der Waals surface area contributed by atoms with Gasteiger partial charge in [0.15, 0.2) is 22.7 Å². The number of fused-ring (bicyclic) bond motifs is 1. The quantitative estimate of drug-likeness (QED) is 0.667. The highest BCUT2D eigenvalue weighted by Gasteiger charge is 2.27. The number of aromatic nitrogens is 2. The monoisotopic (exact) mass is 431 g/mol. The molecule has 162 valence electrons. The molecule has 0 radical (unpaired) electrons. The van der Waals surface area contributed by atoms with Crippen molar-refractivity contribution in [3.63, 3.8) is 0 Å². The highest BCUT2D eigenvalue weighted by Crippen LogP contribution is 2.28. The lowest BCUT2D eigenvalue weighted by atomic mass is 10.1. The van der Waals surface area contributed by atoms with Crippen molar-refractivity contribution in [1.82, 2.24) is 9.55 Å². The number of pyridine rings is 2. The number of carboxylic acid groups (broad SMARTS) is 1. The Bertz CT molecular complexity index is 1280. The van der Waals surface area contributed by atoms with Crippen molar-refractivity contribution >= 4 is 22.8 Å². The number of carboxylic acids is 1. The molecule has 4 rings (SSSR count). The van der Waals surface area contributed by atoms with Crippen LogP contribution in [0.25, 0.3) is 16.7 Å². The Morgan fingerprint density at radius 3 is 2.58 bits per heavy atom. The van der Waals surface area contributed by atoms with Gasteiger partial charge in [0.1, 0.15) is 11.6 Å². The predicted molar refractivity (Wildman–Crippen MR) is 106 cm³/mol. The van der Waals surface area contributed by atoms with E-state index in [4.69, 9.17) is 5.73 Å². The second kappa shape index (κ2) is 7.69. The Labute approximate surface area is 174 Å². The van der Waals surface area contributed by atoms with Crippen molar-refractivity contribution in [1.29, 1.82) is 0 Å². The number of carbonyl (C=O) groups excluding carboxylic acids is 1. The van der Waals surface area contributed by atoms with E-state index >= 15 is 0 Å². The molecule has 0 amide bonds. The highest BCUT2D eigenvalue weighted by atomic mass is 19.1. The summed E-state index contributed by atoms with van der Waals surface area (Å²) in [7, 11) is 0. The summed E-state index contributed by atoms with van der Waals surface area (Å²) in [5.41, 5.74) is 3.72. The SMILES string of the molecule is CCc1c(C(=O)[O-])c(=O)c2cc(F)c(N3CCC(N)C3)nc2n1-c1ccc(F)cc1F. The summed E-state index contributed by atoms with van der Waals surface area (Å²) in [5, 5.41) is 11.4. The number of halogens is 3. The molecule has 3 heterocycles. The van der Waals surface area contributed by atoms with E-state index in [0.29, 0.717) is 25.6 Å². The zero-order valence-electron chi connectivity index (χ0n) is 16.5. The molecule has 1 aliphatic heterocycles. The number of hydrogen-bond donors (Lipinski definition) is 1. The van der Waals surface area contributed by atoms with Crippen molar-refractivity contribution in [2.24, 2.45) is 5.73 Å². The molecule has 2 aromatic heterocycles. The number of hydrogen-bond acceptors (Lipinski definition) is 6. The number of rotatable bonds is 4. The fraction of sp³-hybridized carbons (Fsp3) is 0.286. The van der Waals surface area contributed by atoms with Gasteiger partial charge in [-0.1, -0.05) is 6.92 Å². The van der Waals surface area contributed by atoms with Crippen LogP contribution in [0.15, 0.2) is 29.1 Å². The first-order valence-electron chi connectivity index (χ1n) is 9.68. The van der Waals surface area contributed by atoms with Crippen LogP contribution in [0.2, 0.25) is 0 Å². The van der Waals surface area contributed by atoms with Gasteiger partial charge in [-0.15, -0.1) is 0 Å². The maximum Gasteiger partial charge on any atom is 0.200 e. The Morgan fingerprint density at radius 2 is 2.00 bits per heavy atom. The van der Waals surface area contributed by atoms with E-state index in [9.17, 15) is 27.9 Å². The largest absolute Gasteiger partial charge is 0.545 e. The number of benzene rings is 1. The number of nitrogens with zero attached hydrogens (tertiary/aromatic N) is 3. The van der Waals surface area contributed by atoms with Crippen LogP contribution in [0, 0.1) is 17.5 Å². The topological polar surface area (TPSA) is 104 Å². The Balaban J connectivity index is 2.14. The van der Waals surface area contributed by atoms with Crippen LogP contribution < -0.4 is 21.2 Å². The summed E-state index contributed by atoms with van der Waals surface area (Å²) in [6, 6.07) is 3.42. The third-order valence-corrected chi connectivity index (χ3v) is 5.39. The number of anilines is 1. The lowest BCUT2D eigenvalue weighted by molar-refractivity contribution is -0.255. The Hall–Kier alpha value is -3.40. The fourth-order valence-corrected chi connectivity index (χ4v) is 3.98. The number of nitrogens with two attached hydrogens (primary N) is 1. The summed E-state index contributed by atoms with van der Waals surface area (Å²) in [4.78, 5) is 30.5. The molecule has 1 aliphatic rings. The zero-order chi connectivity index (χ0) is 22.4. The molecule has 1 unspecified atom stereocenters. The van der Waals surface area contributed by atoms with E-state index in [2.05, 4.69) is 4.98 Å². The molecule has 10 heteroatoms. The van der Waals surface area contributed by atoms with Crippen LogP contribution in [-0.4, -0.2) is 34.7 Å². The molecule has 0 saturated carbocycles. The van der Waals surface area contributed by atoms with E-state index in [1.54, 1.807) is 11.8 Å². The van der Waals surface area contributed by atoms with Gasteiger partial charge in [-0.3, -0.25) is 9.36 Å². The van der Waals surface area contributed by atoms with Crippen molar-refractivity contribution in [2.45, 2.75) is 25.8 Å². The first-order chi connectivity index (χ1) is 14.7. The molecule has 1 fully saturated rings. The van der Waals surface area contributed by atoms with E-state index < -0.39 is 34.4 Å². The third kappa shape index (κ3) is 3.42. The van der Waals surface area contributed by atoms with Crippen molar-refractivity contribution in [2.75, 3.05) is 18.0 Å². The minimum atomic E-state index is -1.78. The third-order valence-electron chi connectivity index (χ3n) is 5.39. The first kappa shape index (κ1) is 20.9. The Morgan fingerprint density at radius 1 is 1.26 bits per heavy atom. The van der Waals surface area contributed by atoms with E-state index in [1.165, 1.54) is 0 Å². The van der Waals surface area contributed by atoms with E-state index in [-0.39, 0.29) is 40.7 Å². The lowest BCUT2D eigenvalue weighted by Gasteiger charge is -2.23. The van der Waals surface area contributed by atoms with E-state index in [1.807, 2.05) is 0 Å². The molecule has 7 nitrogen and oxygen atoms in total. The number of aromatic carboxylic acids is 1. The molecular formula is C21H18F3N4O3-. The first-order valence-corrected chi connectivity index (χ1v) is 9.68. The van der Waals surface area contributed by atoms with Crippen LogP contribution >= 0.6 is 0 Å². The van der Waals surface area contributed by atoms with Crippen LogP contribution in [0.1, 0.15) is 29.4 Å². The summed E-state index contributed by atoms with van der Waals surface area (Å²) in [6.45, 7) is 2.33. The fourth-order valence-electron chi connectivity index (χ4n) is 3.98. The molecule has 31 heavy (non-hydrogen) atoms. The van der Waals surface area contributed by atoms with Gasteiger partial charge in [-0.2, -0.15) is 0 Å². The van der Waals surface area contributed by atoms with Gasteiger partial charge >= 0.3 is 0 Å². The summed E-state index contributed by atoms with van der Waals surface area (Å²) < 4.78 is 44.2. The lowest BCUT2D eigenvalue weighted by Crippen LogP contribution is -2.34. The molecule has 0 bridgehead atoms. The summed E-state index contributed by atoms with van der Waals surface area (Å²) in [5.74, 6) is -4.54. The molecule has 1 saturated heterocycles. The molecule has 2 N–H and O–H groups in total. The van der Waals surface area contributed by atoms with Crippen LogP contribution in [0.5, 0.6) is 0 Å². The average Bonchev–Trinajstić information content (AvgIpc) is 3.14. The average molecular weight is 431 g/mol. The van der Waals surface area contributed by atoms with Gasteiger partial charge in [0.2, 0.25) is 0 Å². The zero-order valence-corrected chi connectivity index (χ0v) is 16.5. The minimum Gasteiger partial charge on any atom is -0.545 e. The maximum absolute atomic E-state index is 14.9. The van der Waals surface area contributed by atoms with Crippen molar-refractivity contribution < 1.29 is 23.1 Å². The molecule has 1 atom stereocenters. The minimum absolute atomic E-state index is 0.00567. The van der Waals surface area contributed by atoms with Gasteiger partial charge in [-0.05, 0) is 31.0 Å². The smallest absolute Gasteiger partial charge is 0.200 e. The van der Waals surface area contributed by atoms with Gasteiger partial charge < -0.3 is 20.5 Å². The van der Waals surface area contributed by atoms with Crippen molar-refractivity contribution in [3.8, 4) is 5.69 Å². The molecule has 0 spiro atoms. The second-order valence-electron chi connectivity index (χ2n) is 7.38. The number of carbonyl (C=O) groups is 1. The standard InChI is InChI=1S/C21H19F3N4O3/c1-2-15-17(21(30)31)18(29)12-8-14(24)20(27-6-5-11(25)9-27)26-19(12)28(15)16-4-3-10(22)7-13(16)23/h3-4,7-8,11H,2,5-6,9,25H2,1H3,(H,30,31)/p-1. The van der Waals surface area contributed by atoms with Gasteiger partial charge in [0, 0.05) is 30.9 Å². The summed E-state index contributed by atoms with van der Waals surface area (Å²) >= 11 is 0. The highest BCUT2D eigenvalue weighted by molar-refractivity contribution is 5.93. The molecule has 0 aliphatic carbocycles.